The third-order valence-corrected chi connectivity index (χ3v) is 3.32. The lowest BCUT2D eigenvalue weighted by Crippen LogP contribution is -2.28. The van der Waals surface area contributed by atoms with E-state index in [1.54, 1.807) is 4.90 Å². The normalized spacial score (nSPS) is 19.3. The minimum Gasteiger partial charge on any atom is -0.399 e. The molecule has 1 saturated heterocycles. The summed E-state index contributed by atoms with van der Waals surface area (Å²) >= 11 is 0. The maximum atomic E-state index is 11.7. The molecule has 2 rings (SSSR count). The van der Waals surface area contributed by atoms with Gasteiger partial charge in [-0.3, -0.25) is 9.59 Å². The lowest BCUT2D eigenvalue weighted by Gasteiger charge is -2.16. The predicted octanol–water partition coefficient (Wildman–Crippen LogP) is 0.411. The van der Waals surface area contributed by atoms with E-state index in [9.17, 15) is 9.59 Å². The van der Waals surface area contributed by atoms with Crippen molar-refractivity contribution in [2.24, 2.45) is 11.7 Å². The van der Waals surface area contributed by atoms with Crippen LogP contribution in [0, 0.1) is 12.8 Å². The zero-order valence-electron chi connectivity index (χ0n) is 10.3. The quantitative estimate of drug-likeness (QED) is 0.758. The van der Waals surface area contributed by atoms with Gasteiger partial charge in [-0.05, 0) is 24.1 Å². The first kappa shape index (κ1) is 12.4. The molecule has 96 valence electrons. The Morgan fingerprint density at radius 1 is 1.50 bits per heavy atom. The molecule has 4 N–H and O–H groups in total. The van der Waals surface area contributed by atoms with Gasteiger partial charge in [0.15, 0.2) is 0 Å². The van der Waals surface area contributed by atoms with E-state index >= 15 is 0 Å². The van der Waals surface area contributed by atoms with E-state index in [1.165, 1.54) is 0 Å². The molecular weight excluding hydrogens is 230 g/mol. The van der Waals surface area contributed by atoms with Crippen molar-refractivity contribution in [3.8, 4) is 0 Å². The molecule has 1 fully saturated rings. The Labute approximate surface area is 106 Å². The smallest absolute Gasteiger partial charge is 0.223 e. The summed E-state index contributed by atoms with van der Waals surface area (Å²) in [4.78, 5) is 24.5. The third kappa shape index (κ3) is 2.45. The molecule has 1 heterocycles. The summed E-state index contributed by atoms with van der Waals surface area (Å²) < 4.78 is 0. The molecule has 18 heavy (non-hydrogen) atoms. The number of nitrogens with two attached hydrogens (primary N) is 2. The van der Waals surface area contributed by atoms with Gasteiger partial charge in [0.05, 0.1) is 5.92 Å². The van der Waals surface area contributed by atoms with Crippen LogP contribution in [-0.4, -0.2) is 23.3 Å². The number of hydrogen-bond donors (Lipinski definition) is 2. The molecule has 0 aromatic heterocycles. The Balaban J connectivity index is 2.08. The highest BCUT2D eigenvalue weighted by molar-refractivity contribution is 5.88. The fourth-order valence-corrected chi connectivity index (χ4v) is 2.17. The van der Waals surface area contributed by atoms with Gasteiger partial charge in [0, 0.05) is 25.2 Å². The summed E-state index contributed by atoms with van der Waals surface area (Å²) in [7, 11) is 0. The molecule has 0 saturated carbocycles. The molecule has 0 aliphatic carbocycles. The number of hydrogen-bond acceptors (Lipinski definition) is 3. The van der Waals surface area contributed by atoms with Gasteiger partial charge in [-0.15, -0.1) is 0 Å². The molecular formula is C13H17N3O2. The first-order chi connectivity index (χ1) is 8.47. The van der Waals surface area contributed by atoms with Crippen molar-refractivity contribution in [3.63, 3.8) is 0 Å². The summed E-state index contributed by atoms with van der Waals surface area (Å²) in [5.74, 6) is -0.778. The Hall–Kier alpha value is -2.04. The predicted molar refractivity (Wildman–Crippen MR) is 68.3 cm³/mol. The number of carbonyl (C=O) groups is 2. The summed E-state index contributed by atoms with van der Waals surface area (Å²) in [5.41, 5.74) is 13.7. The van der Waals surface area contributed by atoms with Crippen molar-refractivity contribution in [2.75, 3.05) is 12.3 Å². The van der Waals surface area contributed by atoms with Crippen LogP contribution in [-0.2, 0) is 16.1 Å². The zero-order chi connectivity index (χ0) is 13.3. The highest BCUT2D eigenvalue weighted by atomic mass is 16.2. The van der Waals surface area contributed by atoms with E-state index < -0.39 is 5.91 Å². The molecule has 5 nitrogen and oxygen atoms in total. The molecule has 1 aliphatic heterocycles. The SMILES string of the molecule is Cc1cc(CN2CC(C(N)=O)CC2=O)ccc1N. The van der Waals surface area contributed by atoms with Crippen LogP contribution in [0.2, 0.25) is 0 Å². The van der Waals surface area contributed by atoms with Crippen LogP contribution in [0.5, 0.6) is 0 Å². The number of nitrogens with zero attached hydrogens (tertiary/aromatic N) is 1. The summed E-state index contributed by atoms with van der Waals surface area (Å²) in [5, 5.41) is 0. The highest BCUT2D eigenvalue weighted by Crippen LogP contribution is 2.21. The van der Waals surface area contributed by atoms with E-state index in [1.807, 2.05) is 25.1 Å². The topological polar surface area (TPSA) is 89.4 Å². The standard InChI is InChI=1S/C13H17N3O2/c1-8-4-9(2-3-11(8)14)6-16-7-10(13(15)18)5-12(16)17/h2-4,10H,5-7,14H2,1H3,(H2,15,18). The van der Waals surface area contributed by atoms with Crippen LogP contribution >= 0.6 is 0 Å². The summed E-state index contributed by atoms with van der Waals surface area (Å²) in [6, 6.07) is 5.68. The number of likely N-dealkylation sites (tertiary alicyclic amines) is 1. The Morgan fingerprint density at radius 3 is 2.78 bits per heavy atom. The average Bonchev–Trinajstić information content (AvgIpc) is 2.66. The first-order valence-electron chi connectivity index (χ1n) is 5.89. The number of anilines is 1. The van der Waals surface area contributed by atoms with Gasteiger partial charge in [-0.2, -0.15) is 0 Å². The molecule has 5 heteroatoms. The maximum Gasteiger partial charge on any atom is 0.223 e. The fraction of sp³-hybridized carbons (Fsp3) is 0.385. The number of primary amides is 1. The van der Waals surface area contributed by atoms with Gasteiger partial charge in [-0.25, -0.2) is 0 Å². The van der Waals surface area contributed by atoms with Gasteiger partial charge >= 0.3 is 0 Å². The minimum absolute atomic E-state index is 0.0201. The lowest BCUT2D eigenvalue weighted by molar-refractivity contribution is -0.128. The van der Waals surface area contributed by atoms with Gasteiger partial charge in [0.2, 0.25) is 11.8 Å². The van der Waals surface area contributed by atoms with E-state index in [0.29, 0.717) is 13.1 Å². The minimum atomic E-state index is -0.403. The first-order valence-corrected chi connectivity index (χ1v) is 5.89. The van der Waals surface area contributed by atoms with Crippen LogP contribution in [0.3, 0.4) is 0 Å². The van der Waals surface area contributed by atoms with Crippen LogP contribution in [0.1, 0.15) is 17.5 Å². The van der Waals surface area contributed by atoms with Crippen molar-refractivity contribution in [1.29, 1.82) is 0 Å². The van der Waals surface area contributed by atoms with Gasteiger partial charge < -0.3 is 16.4 Å². The third-order valence-electron chi connectivity index (χ3n) is 3.32. The number of carbonyl (C=O) groups excluding carboxylic acids is 2. The number of nitrogen functional groups attached to an aromatic ring is 1. The number of aryl methyl sites for hydroxylation is 1. The highest BCUT2D eigenvalue weighted by Gasteiger charge is 2.32. The summed E-state index contributed by atoms with van der Waals surface area (Å²) in [6.45, 7) is 2.85. The molecule has 1 aromatic carbocycles. The number of rotatable bonds is 3. The number of benzene rings is 1. The maximum absolute atomic E-state index is 11.7. The average molecular weight is 247 g/mol. The van der Waals surface area contributed by atoms with E-state index in [2.05, 4.69) is 0 Å². The van der Waals surface area contributed by atoms with E-state index in [-0.39, 0.29) is 18.2 Å². The van der Waals surface area contributed by atoms with E-state index in [4.69, 9.17) is 11.5 Å². The summed E-state index contributed by atoms with van der Waals surface area (Å²) in [6.07, 6.45) is 0.225. The lowest BCUT2D eigenvalue weighted by atomic mass is 10.1. The van der Waals surface area contributed by atoms with Crippen molar-refractivity contribution < 1.29 is 9.59 Å². The van der Waals surface area contributed by atoms with Crippen LogP contribution in [0.25, 0.3) is 0 Å². The Kier molecular flexibility index (Phi) is 3.23. The second-order valence-electron chi connectivity index (χ2n) is 4.77. The molecule has 0 radical (unpaired) electrons. The Bertz CT molecular complexity index is 499. The molecule has 1 aromatic rings. The largest absolute Gasteiger partial charge is 0.399 e. The van der Waals surface area contributed by atoms with Crippen molar-refractivity contribution in [2.45, 2.75) is 19.9 Å². The molecule has 0 spiro atoms. The van der Waals surface area contributed by atoms with Crippen molar-refractivity contribution in [3.05, 3.63) is 29.3 Å². The van der Waals surface area contributed by atoms with E-state index in [0.717, 1.165) is 16.8 Å². The van der Waals surface area contributed by atoms with Crippen molar-refractivity contribution >= 4 is 17.5 Å². The molecule has 0 bridgehead atoms. The Morgan fingerprint density at radius 2 is 2.22 bits per heavy atom. The molecule has 1 atom stereocenters. The molecule has 1 aliphatic rings. The van der Waals surface area contributed by atoms with Crippen LogP contribution in [0.4, 0.5) is 5.69 Å². The zero-order valence-corrected chi connectivity index (χ0v) is 10.3. The molecule has 2 amide bonds. The van der Waals surface area contributed by atoms with Gasteiger partial charge in [0.25, 0.3) is 0 Å². The second-order valence-corrected chi connectivity index (χ2v) is 4.77. The van der Waals surface area contributed by atoms with Crippen LogP contribution < -0.4 is 11.5 Å². The van der Waals surface area contributed by atoms with Crippen LogP contribution in [0.15, 0.2) is 18.2 Å². The molecule has 1 unspecified atom stereocenters. The van der Waals surface area contributed by atoms with Gasteiger partial charge in [0.1, 0.15) is 0 Å². The monoisotopic (exact) mass is 247 g/mol. The van der Waals surface area contributed by atoms with Gasteiger partial charge in [-0.1, -0.05) is 12.1 Å². The fourth-order valence-electron chi connectivity index (χ4n) is 2.17. The van der Waals surface area contributed by atoms with Crippen molar-refractivity contribution in [1.82, 2.24) is 4.90 Å². The number of amides is 2. The second kappa shape index (κ2) is 4.68.